The number of rotatable bonds is 5. The predicted molar refractivity (Wildman–Crippen MR) is 72.2 cm³/mol. The zero-order valence-electron chi connectivity index (χ0n) is 11.5. The van der Waals surface area contributed by atoms with Gasteiger partial charge in [-0.1, -0.05) is 0 Å². The van der Waals surface area contributed by atoms with Gasteiger partial charge in [-0.15, -0.1) is 0 Å². The van der Waals surface area contributed by atoms with Crippen molar-refractivity contribution in [2.45, 2.75) is 6.10 Å². The maximum atomic E-state index is 10.3. The van der Waals surface area contributed by atoms with Gasteiger partial charge in [0.1, 0.15) is 6.10 Å². The molecule has 2 aromatic rings. The first-order valence-corrected chi connectivity index (χ1v) is 5.95. The Morgan fingerprint density at radius 1 is 1.00 bits per heavy atom. The van der Waals surface area contributed by atoms with Crippen LogP contribution in [0.15, 0.2) is 30.7 Å². The van der Waals surface area contributed by atoms with Crippen molar-refractivity contribution in [1.29, 1.82) is 0 Å². The van der Waals surface area contributed by atoms with Crippen LogP contribution in [-0.2, 0) is 0 Å². The topological polar surface area (TPSA) is 73.7 Å². The SMILES string of the molecule is COc1cc(C(O)c2cnccn2)cc(OC)c1OC. The predicted octanol–water partition coefficient (Wildman–Crippen LogP) is 1.58. The third-order valence-electron chi connectivity index (χ3n) is 2.87. The fourth-order valence-corrected chi connectivity index (χ4v) is 1.88. The van der Waals surface area contributed by atoms with Crippen molar-refractivity contribution in [3.8, 4) is 17.2 Å². The summed E-state index contributed by atoms with van der Waals surface area (Å²) in [6.45, 7) is 0. The normalized spacial score (nSPS) is 11.8. The Bertz CT molecular complexity index is 550. The summed E-state index contributed by atoms with van der Waals surface area (Å²) in [7, 11) is 4.57. The summed E-state index contributed by atoms with van der Waals surface area (Å²) in [5.41, 5.74) is 1.03. The molecule has 1 N–H and O–H groups in total. The third-order valence-corrected chi connectivity index (χ3v) is 2.87. The maximum absolute atomic E-state index is 10.3. The van der Waals surface area contributed by atoms with Crippen molar-refractivity contribution in [3.05, 3.63) is 42.0 Å². The second-order valence-corrected chi connectivity index (χ2v) is 3.99. The number of benzene rings is 1. The molecule has 0 amide bonds. The molecule has 1 unspecified atom stereocenters. The lowest BCUT2D eigenvalue weighted by Crippen LogP contribution is -2.04. The average molecular weight is 276 g/mol. The Morgan fingerprint density at radius 3 is 2.10 bits per heavy atom. The molecule has 106 valence electrons. The number of ether oxygens (including phenoxy) is 3. The minimum absolute atomic E-state index is 0.446. The van der Waals surface area contributed by atoms with Crippen molar-refractivity contribution >= 4 is 0 Å². The summed E-state index contributed by atoms with van der Waals surface area (Å²) in [5, 5.41) is 10.3. The molecule has 20 heavy (non-hydrogen) atoms. The molecule has 0 aliphatic carbocycles. The van der Waals surface area contributed by atoms with E-state index in [-0.39, 0.29) is 0 Å². The van der Waals surface area contributed by atoms with E-state index in [2.05, 4.69) is 9.97 Å². The Kier molecular flexibility index (Phi) is 4.37. The molecule has 0 spiro atoms. The highest BCUT2D eigenvalue weighted by molar-refractivity contribution is 5.54. The number of hydrogen-bond acceptors (Lipinski definition) is 6. The smallest absolute Gasteiger partial charge is 0.203 e. The van der Waals surface area contributed by atoms with Crippen LogP contribution in [-0.4, -0.2) is 36.4 Å². The number of aliphatic hydroxyl groups excluding tert-OH is 1. The second kappa shape index (κ2) is 6.21. The number of methoxy groups -OCH3 is 3. The van der Waals surface area contributed by atoms with Crippen molar-refractivity contribution in [1.82, 2.24) is 9.97 Å². The van der Waals surface area contributed by atoms with Crippen molar-refractivity contribution in [2.75, 3.05) is 21.3 Å². The first-order chi connectivity index (χ1) is 9.71. The van der Waals surface area contributed by atoms with Crippen molar-refractivity contribution in [2.24, 2.45) is 0 Å². The van der Waals surface area contributed by atoms with Gasteiger partial charge in [-0.3, -0.25) is 9.97 Å². The molecule has 1 aromatic heterocycles. The quantitative estimate of drug-likeness (QED) is 0.894. The summed E-state index contributed by atoms with van der Waals surface area (Å²) < 4.78 is 15.7. The van der Waals surface area contributed by atoms with Gasteiger partial charge in [-0.05, 0) is 17.7 Å². The van der Waals surface area contributed by atoms with E-state index in [0.717, 1.165) is 0 Å². The second-order valence-electron chi connectivity index (χ2n) is 3.99. The molecule has 0 saturated carbocycles. The molecule has 2 rings (SSSR count). The Morgan fingerprint density at radius 2 is 1.65 bits per heavy atom. The van der Waals surface area contributed by atoms with Crippen LogP contribution in [0, 0.1) is 0 Å². The van der Waals surface area contributed by atoms with Gasteiger partial charge < -0.3 is 19.3 Å². The van der Waals surface area contributed by atoms with Crippen molar-refractivity contribution in [3.63, 3.8) is 0 Å². The van der Waals surface area contributed by atoms with Gasteiger partial charge in [0, 0.05) is 12.4 Å². The minimum Gasteiger partial charge on any atom is -0.493 e. The molecular weight excluding hydrogens is 260 g/mol. The number of aromatic nitrogens is 2. The van der Waals surface area contributed by atoms with Crippen LogP contribution in [0.5, 0.6) is 17.2 Å². The van der Waals surface area contributed by atoms with Gasteiger partial charge in [-0.25, -0.2) is 0 Å². The van der Waals surface area contributed by atoms with Crippen LogP contribution in [0.25, 0.3) is 0 Å². The number of nitrogens with zero attached hydrogens (tertiary/aromatic N) is 2. The third kappa shape index (κ3) is 2.65. The van der Waals surface area contributed by atoms with Crippen LogP contribution in [0.2, 0.25) is 0 Å². The van der Waals surface area contributed by atoms with Crippen LogP contribution < -0.4 is 14.2 Å². The lowest BCUT2D eigenvalue weighted by atomic mass is 10.1. The standard InChI is InChI=1S/C14H16N2O4/c1-18-11-6-9(7-12(19-2)14(11)20-3)13(17)10-8-15-4-5-16-10/h4-8,13,17H,1-3H3. The largest absolute Gasteiger partial charge is 0.493 e. The van der Waals surface area contributed by atoms with E-state index < -0.39 is 6.10 Å². The first-order valence-electron chi connectivity index (χ1n) is 5.95. The van der Waals surface area contributed by atoms with Crippen LogP contribution in [0.1, 0.15) is 17.4 Å². The maximum Gasteiger partial charge on any atom is 0.203 e. The molecule has 1 atom stereocenters. The minimum atomic E-state index is -0.919. The van der Waals surface area contributed by atoms with Crippen LogP contribution in [0.4, 0.5) is 0 Å². The van der Waals surface area contributed by atoms with E-state index in [9.17, 15) is 5.11 Å². The van der Waals surface area contributed by atoms with Crippen LogP contribution in [0.3, 0.4) is 0 Å². The fourth-order valence-electron chi connectivity index (χ4n) is 1.88. The fraction of sp³-hybridized carbons (Fsp3) is 0.286. The molecule has 0 radical (unpaired) electrons. The molecule has 6 heteroatoms. The average Bonchev–Trinajstić information content (AvgIpc) is 2.53. The van der Waals surface area contributed by atoms with Gasteiger partial charge in [0.15, 0.2) is 11.5 Å². The zero-order chi connectivity index (χ0) is 14.5. The molecule has 0 fully saturated rings. The molecule has 6 nitrogen and oxygen atoms in total. The van der Waals surface area contributed by atoms with Gasteiger partial charge in [0.25, 0.3) is 0 Å². The summed E-state index contributed by atoms with van der Waals surface area (Å²) >= 11 is 0. The molecule has 1 aromatic carbocycles. The van der Waals surface area contributed by atoms with Crippen molar-refractivity contribution < 1.29 is 19.3 Å². The highest BCUT2D eigenvalue weighted by atomic mass is 16.5. The highest BCUT2D eigenvalue weighted by Crippen LogP contribution is 2.40. The summed E-state index contributed by atoms with van der Waals surface area (Å²) in [5.74, 6) is 1.43. The Balaban J connectivity index is 2.47. The molecule has 0 bridgehead atoms. The lowest BCUT2D eigenvalue weighted by molar-refractivity contribution is 0.213. The summed E-state index contributed by atoms with van der Waals surface area (Å²) in [6, 6.07) is 3.36. The Hall–Kier alpha value is -2.34. The molecule has 1 heterocycles. The Labute approximate surface area is 117 Å². The lowest BCUT2D eigenvalue weighted by Gasteiger charge is -2.16. The first kappa shape index (κ1) is 14.1. The summed E-state index contributed by atoms with van der Waals surface area (Å²) in [4.78, 5) is 8.02. The van der Waals surface area contributed by atoms with E-state index >= 15 is 0 Å². The summed E-state index contributed by atoms with van der Waals surface area (Å²) in [6.07, 6.45) is 3.66. The van der Waals surface area contributed by atoms with E-state index in [4.69, 9.17) is 14.2 Å². The highest BCUT2D eigenvalue weighted by Gasteiger charge is 2.19. The van der Waals surface area contributed by atoms with Gasteiger partial charge >= 0.3 is 0 Å². The van der Waals surface area contributed by atoms with Crippen LogP contribution >= 0.6 is 0 Å². The van der Waals surface area contributed by atoms with E-state index in [0.29, 0.717) is 28.5 Å². The molecular formula is C14H16N2O4. The molecule has 0 aliphatic heterocycles. The number of aliphatic hydroxyl groups is 1. The zero-order valence-corrected chi connectivity index (χ0v) is 11.5. The number of hydrogen-bond donors (Lipinski definition) is 1. The molecule has 0 saturated heterocycles. The molecule has 0 aliphatic rings. The van der Waals surface area contributed by atoms with Gasteiger partial charge in [0.2, 0.25) is 5.75 Å². The van der Waals surface area contributed by atoms with E-state index in [1.807, 2.05) is 0 Å². The van der Waals surface area contributed by atoms with Gasteiger partial charge in [-0.2, -0.15) is 0 Å². The van der Waals surface area contributed by atoms with E-state index in [1.165, 1.54) is 33.7 Å². The van der Waals surface area contributed by atoms with E-state index in [1.54, 1.807) is 18.3 Å². The monoisotopic (exact) mass is 276 g/mol. The van der Waals surface area contributed by atoms with Gasteiger partial charge in [0.05, 0.1) is 33.2 Å².